The molecular formula is C15H14ClFN2O. The highest BCUT2D eigenvalue weighted by molar-refractivity contribution is 6.31. The summed E-state index contributed by atoms with van der Waals surface area (Å²) < 4.78 is 13.7. The number of benzene rings is 2. The number of nitrogens with two attached hydrogens (primary N) is 1. The Morgan fingerprint density at radius 2 is 1.95 bits per heavy atom. The molecular weight excluding hydrogens is 279 g/mol. The van der Waals surface area contributed by atoms with Gasteiger partial charge in [-0.2, -0.15) is 0 Å². The summed E-state index contributed by atoms with van der Waals surface area (Å²) in [7, 11) is 0. The highest BCUT2D eigenvalue weighted by Crippen LogP contribution is 2.26. The van der Waals surface area contributed by atoms with Crippen LogP contribution < -0.4 is 11.1 Å². The maximum atomic E-state index is 13.7. The van der Waals surface area contributed by atoms with Crippen LogP contribution in [0.15, 0.2) is 30.3 Å². The van der Waals surface area contributed by atoms with Crippen LogP contribution in [-0.4, -0.2) is 5.91 Å². The molecule has 0 bridgehead atoms. The Kier molecular flexibility index (Phi) is 3.95. The predicted octanol–water partition coefficient (Wildman–Crippen LogP) is 3.93. The maximum absolute atomic E-state index is 13.7. The first-order valence-electron chi connectivity index (χ1n) is 6.02. The van der Waals surface area contributed by atoms with E-state index >= 15 is 0 Å². The second kappa shape index (κ2) is 5.51. The van der Waals surface area contributed by atoms with Crippen LogP contribution >= 0.6 is 11.6 Å². The number of nitrogen functional groups attached to an aromatic ring is 1. The van der Waals surface area contributed by atoms with Crippen molar-refractivity contribution in [2.24, 2.45) is 0 Å². The minimum absolute atomic E-state index is 0.0984. The van der Waals surface area contributed by atoms with Gasteiger partial charge >= 0.3 is 0 Å². The number of anilines is 2. The standard InChI is InChI=1S/C15H14ClFN2O/c1-8-3-6-13(18)9(2)14(8)19-15(20)11-7-10(16)4-5-12(11)17/h3-7H,18H2,1-2H3,(H,19,20). The van der Waals surface area contributed by atoms with E-state index in [4.69, 9.17) is 17.3 Å². The van der Waals surface area contributed by atoms with Crippen LogP contribution in [0.1, 0.15) is 21.5 Å². The zero-order valence-corrected chi connectivity index (χ0v) is 11.9. The molecule has 0 saturated carbocycles. The second-order valence-electron chi connectivity index (χ2n) is 4.55. The third-order valence-electron chi connectivity index (χ3n) is 3.13. The summed E-state index contributed by atoms with van der Waals surface area (Å²) in [5.41, 5.74) is 8.48. The van der Waals surface area contributed by atoms with Crippen molar-refractivity contribution >= 4 is 28.9 Å². The summed E-state index contributed by atoms with van der Waals surface area (Å²) >= 11 is 5.78. The number of rotatable bonds is 2. The molecule has 0 spiro atoms. The van der Waals surface area contributed by atoms with Gasteiger partial charge < -0.3 is 11.1 Å². The molecule has 0 fully saturated rings. The molecule has 3 N–H and O–H groups in total. The van der Waals surface area contributed by atoms with Gasteiger partial charge in [0.05, 0.1) is 5.56 Å². The summed E-state index contributed by atoms with van der Waals surface area (Å²) in [6.07, 6.45) is 0. The Bertz CT molecular complexity index is 686. The Morgan fingerprint density at radius 1 is 1.25 bits per heavy atom. The van der Waals surface area contributed by atoms with E-state index < -0.39 is 11.7 Å². The summed E-state index contributed by atoms with van der Waals surface area (Å²) in [4.78, 5) is 12.2. The van der Waals surface area contributed by atoms with Crippen LogP contribution in [0.4, 0.5) is 15.8 Å². The Hall–Kier alpha value is -2.07. The van der Waals surface area contributed by atoms with Gasteiger partial charge in [-0.1, -0.05) is 17.7 Å². The van der Waals surface area contributed by atoms with Gasteiger partial charge in [-0.05, 0) is 49.2 Å². The molecule has 0 radical (unpaired) electrons. The van der Waals surface area contributed by atoms with E-state index in [1.807, 2.05) is 6.92 Å². The highest BCUT2D eigenvalue weighted by atomic mass is 35.5. The Labute approximate surface area is 121 Å². The fourth-order valence-corrected chi connectivity index (χ4v) is 2.08. The number of amides is 1. The fraction of sp³-hybridized carbons (Fsp3) is 0.133. The molecule has 2 aromatic rings. The largest absolute Gasteiger partial charge is 0.398 e. The van der Waals surface area contributed by atoms with Gasteiger partial charge in [0.25, 0.3) is 5.91 Å². The van der Waals surface area contributed by atoms with Crippen LogP contribution in [0.25, 0.3) is 0 Å². The molecule has 3 nitrogen and oxygen atoms in total. The smallest absolute Gasteiger partial charge is 0.258 e. The molecule has 0 unspecified atom stereocenters. The molecule has 104 valence electrons. The van der Waals surface area contributed by atoms with Crippen LogP contribution in [0.3, 0.4) is 0 Å². The van der Waals surface area contributed by atoms with Crippen molar-refractivity contribution in [1.82, 2.24) is 0 Å². The van der Waals surface area contributed by atoms with Crippen molar-refractivity contribution in [3.8, 4) is 0 Å². The number of carbonyl (C=O) groups excluding carboxylic acids is 1. The van der Waals surface area contributed by atoms with Gasteiger partial charge in [0, 0.05) is 16.4 Å². The lowest BCUT2D eigenvalue weighted by atomic mass is 10.1. The van der Waals surface area contributed by atoms with Gasteiger partial charge in [0.2, 0.25) is 0 Å². The van der Waals surface area contributed by atoms with Gasteiger partial charge in [-0.3, -0.25) is 4.79 Å². The minimum Gasteiger partial charge on any atom is -0.398 e. The van der Waals surface area contributed by atoms with E-state index in [2.05, 4.69) is 5.32 Å². The molecule has 0 aliphatic rings. The van der Waals surface area contributed by atoms with E-state index in [0.29, 0.717) is 16.4 Å². The van der Waals surface area contributed by atoms with Crippen LogP contribution in [-0.2, 0) is 0 Å². The molecule has 0 aliphatic heterocycles. The molecule has 1 amide bonds. The first-order chi connectivity index (χ1) is 9.40. The average molecular weight is 293 g/mol. The van der Waals surface area contributed by atoms with Crippen molar-refractivity contribution in [3.05, 3.63) is 57.9 Å². The van der Waals surface area contributed by atoms with Gasteiger partial charge in [-0.25, -0.2) is 4.39 Å². The number of hydrogen-bond acceptors (Lipinski definition) is 2. The molecule has 0 saturated heterocycles. The van der Waals surface area contributed by atoms with Crippen molar-refractivity contribution in [3.63, 3.8) is 0 Å². The average Bonchev–Trinajstić information content (AvgIpc) is 2.41. The number of hydrogen-bond donors (Lipinski definition) is 2. The summed E-state index contributed by atoms with van der Waals surface area (Å²) in [5, 5.41) is 2.99. The SMILES string of the molecule is Cc1ccc(N)c(C)c1NC(=O)c1cc(Cl)ccc1F. The predicted molar refractivity (Wildman–Crippen MR) is 79.7 cm³/mol. The van der Waals surface area contributed by atoms with E-state index in [0.717, 1.165) is 17.2 Å². The molecule has 2 aromatic carbocycles. The fourth-order valence-electron chi connectivity index (χ4n) is 1.91. The molecule has 20 heavy (non-hydrogen) atoms. The lowest BCUT2D eigenvalue weighted by Crippen LogP contribution is -2.16. The molecule has 0 aliphatic carbocycles. The monoisotopic (exact) mass is 292 g/mol. The topological polar surface area (TPSA) is 55.1 Å². The minimum atomic E-state index is -0.619. The molecule has 0 aromatic heterocycles. The normalized spacial score (nSPS) is 10.4. The van der Waals surface area contributed by atoms with E-state index in [9.17, 15) is 9.18 Å². The van der Waals surface area contributed by atoms with Crippen LogP contribution in [0.5, 0.6) is 0 Å². The Morgan fingerprint density at radius 3 is 2.65 bits per heavy atom. The van der Waals surface area contributed by atoms with Gasteiger partial charge in [0.1, 0.15) is 5.82 Å². The molecule has 0 atom stereocenters. The molecule has 0 heterocycles. The third-order valence-corrected chi connectivity index (χ3v) is 3.36. The first-order valence-corrected chi connectivity index (χ1v) is 6.40. The molecule has 2 rings (SSSR count). The number of aryl methyl sites for hydroxylation is 1. The van der Waals surface area contributed by atoms with Gasteiger partial charge in [0.15, 0.2) is 0 Å². The van der Waals surface area contributed by atoms with Crippen molar-refractivity contribution < 1.29 is 9.18 Å². The van der Waals surface area contributed by atoms with E-state index in [-0.39, 0.29) is 5.56 Å². The zero-order valence-electron chi connectivity index (χ0n) is 11.1. The number of halogens is 2. The lowest BCUT2D eigenvalue weighted by Gasteiger charge is -2.13. The number of carbonyl (C=O) groups is 1. The first kappa shape index (κ1) is 14.3. The van der Waals surface area contributed by atoms with Crippen molar-refractivity contribution in [2.75, 3.05) is 11.1 Å². The maximum Gasteiger partial charge on any atom is 0.258 e. The Balaban J connectivity index is 2.38. The van der Waals surface area contributed by atoms with Crippen LogP contribution in [0, 0.1) is 19.7 Å². The zero-order chi connectivity index (χ0) is 14.9. The number of nitrogens with one attached hydrogen (secondary N) is 1. The van der Waals surface area contributed by atoms with Crippen molar-refractivity contribution in [2.45, 2.75) is 13.8 Å². The quantitative estimate of drug-likeness (QED) is 0.824. The van der Waals surface area contributed by atoms with Gasteiger partial charge in [-0.15, -0.1) is 0 Å². The summed E-state index contributed by atoms with van der Waals surface area (Å²) in [6, 6.07) is 7.41. The summed E-state index contributed by atoms with van der Waals surface area (Å²) in [6.45, 7) is 3.64. The highest BCUT2D eigenvalue weighted by Gasteiger charge is 2.15. The van der Waals surface area contributed by atoms with Crippen molar-refractivity contribution in [1.29, 1.82) is 0 Å². The molecule has 5 heteroatoms. The third kappa shape index (κ3) is 2.75. The second-order valence-corrected chi connectivity index (χ2v) is 4.99. The van der Waals surface area contributed by atoms with E-state index in [1.54, 1.807) is 19.1 Å². The van der Waals surface area contributed by atoms with E-state index in [1.165, 1.54) is 12.1 Å². The summed E-state index contributed by atoms with van der Waals surface area (Å²) in [5.74, 6) is -1.17. The van der Waals surface area contributed by atoms with Crippen LogP contribution in [0.2, 0.25) is 5.02 Å². The lowest BCUT2D eigenvalue weighted by molar-refractivity contribution is 0.102.